The van der Waals surface area contributed by atoms with Gasteiger partial charge in [0.05, 0.1) is 41.3 Å². The summed E-state index contributed by atoms with van der Waals surface area (Å²) >= 11 is 0. The lowest BCUT2D eigenvalue weighted by Gasteiger charge is -2.22. The van der Waals surface area contributed by atoms with Gasteiger partial charge in [-0.15, -0.1) is 0 Å². The minimum atomic E-state index is -0.640. The summed E-state index contributed by atoms with van der Waals surface area (Å²) < 4.78 is 21.6. The van der Waals surface area contributed by atoms with Crippen LogP contribution in [0.3, 0.4) is 0 Å². The number of hydrogen-bond acceptors (Lipinski definition) is 6. The van der Waals surface area contributed by atoms with Crippen molar-refractivity contribution >= 4 is 5.78 Å². The van der Waals surface area contributed by atoms with Crippen LogP contribution in [0.5, 0.6) is 23.0 Å². The van der Waals surface area contributed by atoms with Crippen molar-refractivity contribution in [1.82, 2.24) is 0 Å². The smallest absolute Gasteiger partial charge is 0.203 e. The third kappa shape index (κ3) is 7.85. The second-order valence-electron chi connectivity index (χ2n) is 7.79. The first-order valence-corrected chi connectivity index (χ1v) is 10.4. The topological polar surface area (TPSA) is 78.7 Å². The molecule has 2 rings (SSSR count). The second kappa shape index (κ2) is 13.6. The van der Waals surface area contributed by atoms with E-state index in [-0.39, 0.29) is 24.9 Å². The molecule has 0 bridgehead atoms. The van der Waals surface area contributed by atoms with Crippen molar-refractivity contribution in [3.05, 3.63) is 12.1 Å². The highest BCUT2D eigenvalue weighted by Gasteiger charge is 2.22. The zero-order valence-electron chi connectivity index (χ0n) is 18.5. The molecule has 1 fully saturated rings. The number of carbonyl (C=O) groups excluding carboxylic acids is 1. The first kappa shape index (κ1) is 26.3. The number of Topliss-reactive ketones (excluding diaryl/α,β-unsaturated/α-hetero) is 1. The number of hydrogen-bond donors (Lipinski definition) is 2. The predicted molar refractivity (Wildman–Crippen MR) is 110 cm³/mol. The highest BCUT2D eigenvalue weighted by Crippen LogP contribution is 2.40. The van der Waals surface area contributed by atoms with Gasteiger partial charge in [0.15, 0.2) is 11.5 Å². The van der Waals surface area contributed by atoms with Gasteiger partial charge in [0.2, 0.25) is 5.75 Å². The van der Waals surface area contributed by atoms with E-state index in [0.717, 1.165) is 24.3 Å². The number of nitrogens with one attached hydrogen (secondary N) is 1. The zero-order chi connectivity index (χ0) is 21.2. The van der Waals surface area contributed by atoms with E-state index in [1.54, 1.807) is 33.5 Å². The number of aliphatic hydroxyl groups excluding tert-OH is 1. The van der Waals surface area contributed by atoms with Crippen LogP contribution in [-0.4, -0.2) is 65.1 Å². The van der Waals surface area contributed by atoms with Gasteiger partial charge in [-0.2, -0.15) is 0 Å². The van der Waals surface area contributed by atoms with Crippen LogP contribution in [0.15, 0.2) is 12.1 Å². The average molecular weight is 446 g/mol. The van der Waals surface area contributed by atoms with Crippen molar-refractivity contribution in [2.75, 3.05) is 48.1 Å². The number of ketones is 1. The molecule has 8 heteroatoms. The van der Waals surface area contributed by atoms with Crippen LogP contribution in [0.4, 0.5) is 0 Å². The van der Waals surface area contributed by atoms with Gasteiger partial charge in [0.1, 0.15) is 30.8 Å². The Morgan fingerprint density at radius 3 is 2.23 bits per heavy atom. The van der Waals surface area contributed by atoms with Crippen LogP contribution in [0, 0.1) is 5.92 Å². The molecule has 0 heterocycles. The lowest BCUT2D eigenvalue weighted by molar-refractivity contribution is -0.882. The monoisotopic (exact) mass is 445 g/mol. The molecule has 0 amide bonds. The molecular weight excluding hydrogens is 410 g/mol. The summed E-state index contributed by atoms with van der Waals surface area (Å²) in [6.07, 6.45) is 5.64. The molecule has 0 spiro atoms. The maximum atomic E-state index is 12.3. The number of ether oxygens (including phenoxy) is 4. The largest absolute Gasteiger partial charge is 1.00 e. The molecule has 2 unspecified atom stereocenters. The van der Waals surface area contributed by atoms with Crippen LogP contribution in [0.1, 0.15) is 38.5 Å². The molecule has 30 heavy (non-hydrogen) atoms. The maximum absolute atomic E-state index is 12.3. The molecule has 1 aromatic carbocycles. The van der Waals surface area contributed by atoms with E-state index < -0.39 is 6.10 Å². The molecule has 0 radical (unpaired) electrons. The Hall–Kier alpha value is -1.70. The first-order valence-electron chi connectivity index (χ1n) is 10.4. The fourth-order valence-electron chi connectivity index (χ4n) is 3.86. The van der Waals surface area contributed by atoms with E-state index in [4.69, 9.17) is 18.9 Å². The molecule has 1 aliphatic rings. The Morgan fingerprint density at radius 2 is 1.70 bits per heavy atom. The summed E-state index contributed by atoms with van der Waals surface area (Å²) in [7, 11) is 6.63. The van der Waals surface area contributed by atoms with Gasteiger partial charge >= 0.3 is 0 Å². The lowest BCUT2D eigenvalue weighted by atomic mass is 9.85. The Morgan fingerprint density at radius 1 is 1.10 bits per heavy atom. The fourth-order valence-corrected chi connectivity index (χ4v) is 3.86. The summed E-state index contributed by atoms with van der Waals surface area (Å²) in [5, 5.41) is 10.3. The maximum Gasteiger partial charge on any atom is 0.203 e. The number of carbonyl (C=O) groups is 1. The first-order chi connectivity index (χ1) is 14.0. The molecular formula is C22H36ClNO6. The molecule has 2 N–H and O–H groups in total. The molecule has 172 valence electrons. The number of aliphatic hydroxyl groups is 1. The van der Waals surface area contributed by atoms with Crippen molar-refractivity contribution in [3.63, 3.8) is 0 Å². The number of benzene rings is 1. The minimum absolute atomic E-state index is 0. The van der Waals surface area contributed by atoms with Gasteiger partial charge in [0, 0.05) is 18.1 Å². The number of halogens is 1. The summed E-state index contributed by atoms with van der Waals surface area (Å²) in [6, 6.07) is 3.40. The Labute approximate surface area is 186 Å². The molecule has 1 saturated carbocycles. The molecule has 7 nitrogen and oxygen atoms in total. The summed E-state index contributed by atoms with van der Waals surface area (Å²) in [5.74, 6) is 2.66. The fraction of sp³-hybridized carbons (Fsp3) is 0.682. The zero-order valence-corrected chi connectivity index (χ0v) is 19.3. The van der Waals surface area contributed by atoms with Crippen LogP contribution >= 0.6 is 0 Å². The third-order valence-corrected chi connectivity index (χ3v) is 5.52. The number of quaternary nitrogens is 1. The normalized spacial score (nSPS) is 16.2. The van der Waals surface area contributed by atoms with E-state index in [9.17, 15) is 9.90 Å². The molecule has 0 aliphatic heterocycles. The Bertz CT molecular complexity index is 626. The number of methoxy groups -OCH3 is 3. The highest BCUT2D eigenvalue weighted by atomic mass is 35.5. The van der Waals surface area contributed by atoms with E-state index in [2.05, 4.69) is 0 Å². The summed E-state index contributed by atoms with van der Waals surface area (Å²) in [4.78, 5) is 13.5. The average Bonchev–Trinajstić information content (AvgIpc) is 2.75. The summed E-state index contributed by atoms with van der Waals surface area (Å²) in [6.45, 7) is 1.39. The van der Waals surface area contributed by atoms with Gasteiger partial charge in [-0.3, -0.25) is 4.79 Å². The SMILES string of the molecule is COc1cc(OCC(O)C[NH+](C)CCC(=O)C2CCCCC2)cc(OC)c1OC.[Cl-]. The van der Waals surface area contributed by atoms with E-state index in [1.165, 1.54) is 19.3 Å². The van der Waals surface area contributed by atoms with Crippen LogP contribution in [0.2, 0.25) is 0 Å². The van der Waals surface area contributed by atoms with E-state index in [1.807, 2.05) is 7.05 Å². The lowest BCUT2D eigenvalue weighted by Crippen LogP contribution is -3.10. The van der Waals surface area contributed by atoms with E-state index >= 15 is 0 Å². The van der Waals surface area contributed by atoms with Gasteiger partial charge < -0.3 is 41.4 Å². The Balaban J connectivity index is 0.00000450. The van der Waals surface area contributed by atoms with E-state index in [0.29, 0.717) is 41.7 Å². The highest BCUT2D eigenvalue weighted by molar-refractivity contribution is 5.81. The molecule has 2 atom stereocenters. The van der Waals surface area contributed by atoms with Crippen molar-refractivity contribution < 1.29 is 46.2 Å². The Kier molecular flexibility index (Phi) is 11.9. The molecule has 0 aromatic heterocycles. The predicted octanol–water partition coefficient (Wildman–Crippen LogP) is -1.49. The third-order valence-electron chi connectivity index (χ3n) is 5.52. The van der Waals surface area contributed by atoms with Crippen molar-refractivity contribution in [2.45, 2.75) is 44.6 Å². The summed E-state index contributed by atoms with van der Waals surface area (Å²) in [5.41, 5.74) is 0. The standard InChI is InChI=1S/C22H35NO6.ClH/c1-23(11-10-19(25)16-8-6-5-7-9-16)14-17(24)15-29-18-12-20(26-2)22(28-4)21(13-18)27-3;/h12-13,16-17,24H,5-11,14-15H2,1-4H3;1H. The molecule has 1 aliphatic carbocycles. The minimum Gasteiger partial charge on any atom is -1.00 e. The quantitative estimate of drug-likeness (QED) is 0.408. The van der Waals surface area contributed by atoms with Crippen LogP contribution < -0.4 is 36.3 Å². The van der Waals surface area contributed by atoms with Gasteiger partial charge in [-0.25, -0.2) is 0 Å². The number of likely N-dealkylation sites (N-methyl/N-ethyl adjacent to an activating group) is 1. The number of rotatable bonds is 12. The van der Waals surface area contributed by atoms with Gasteiger partial charge in [-0.05, 0) is 12.8 Å². The van der Waals surface area contributed by atoms with Crippen LogP contribution in [0.25, 0.3) is 0 Å². The molecule has 1 aromatic rings. The molecule has 0 saturated heterocycles. The van der Waals surface area contributed by atoms with Crippen molar-refractivity contribution in [2.24, 2.45) is 5.92 Å². The second-order valence-corrected chi connectivity index (χ2v) is 7.79. The van der Waals surface area contributed by atoms with Crippen LogP contribution in [-0.2, 0) is 4.79 Å². The van der Waals surface area contributed by atoms with Crippen molar-refractivity contribution in [1.29, 1.82) is 0 Å². The van der Waals surface area contributed by atoms with Gasteiger partial charge in [0.25, 0.3) is 0 Å². The van der Waals surface area contributed by atoms with Crippen molar-refractivity contribution in [3.8, 4) is 23.0 Å². The van der Waals surface area contributed by atoms with Gasteiger partial charge in [-0.1, -0.05) is 19.3 Å².